The molecule has 3 aromatic heterocycles. The number of hydrogen-bond acceptors (Lipinski definition) is 9. The van der Waals surface area contributed by atoms with Crippen LogP contribution in [0.3, 0.4) is 0 Å². The molecular weight excluding hydrogens is 931 g/mol. The Morgan fingerprint density at radius 2 is 0.507 bits per heavy atom. The average Bonchev–Trinajstić information content (AvgIpc) is 3.49. The minimum absolute atomic E-state index is 0.412. The van der Waals surface area contributed by atoms with Crippen molar-refractivity contribution in [3.63, 3.8) is 0 Å². The van der Waals surface area contributed by atoms with Gasteiger partial charge in [0.25, 0.3) is 0 Å². The van der Waals surface area contributed by atoms with Crippen molar-refractivity contribution in [2.24, 2.45) is 0 Å². The summed E-state index contributed by atoms with van der Waals surface area (Å²) in [6.07, 6.45) is 0. The Morgan fingerprint density at radius 1 is 0.280 bits per heavy atom. The van der Waals surface area contributed by atoms with Crippen molar-refractivity contribution in [3.8, 4) is 68.5 Å². The van der Waals surface area contributed by atoms with Crippen molar-refractivity contribution in [1.82, 2.24) is 28.7 Å². The number of hydrogen-bond donors (Lipinski definition) is 3. The first kappa shape index (κ1) is 48.4. The predicted octanol–water partition coefficient (Wildman–Crippen LogP) is 12.5. The van der Waals surface area contributed by atoms with Gasteiger partial charge in [-0.25, -0.2) is 15.0 Å². The van der Waals surface area contributed by atoms with Gasteiger partial charge in [-0.15, -0.1) is 0 Å². The van der Waals surface area contributed by atoms with Crippen LogP contribution >= 0.6 is 0 Å². The lowest BCUT2D eigenvalue weighted by Crippen LogP contribution is -2.22. The number of nitrogens with one attached hydrogen (secondary N) is 3. The van der Waals surface area contributed by atoms with Crippen molar-refractivity contribution in [3.05, 3.63) is 253 Å². The highest BCUT2D eigenvalue weighted by Crippen LogP contribution is 2.27. The molecule has 0 atom stereocenters. The molecule has 0 saturated heterocycles. The van der Waals surface area contributed by atoms with E-state index in [-0.39, 0.29) is 0 Å². The summed E-state index contributed by atoms with van der Waals surface area (Å²) in [5, 5.41) is 28.7. The minimum atomic E-state index is 0.412. The van der Waals surface area contributed by atoms with Crippen molar-refractivity contribution >= 4 is 32.7 Å². The van der Waals surface area contributed by atoms with Crippen molar-refractivity contribution in [2.45, 2.75) is 0 Å². The Bertz CT molecular complexity index is 3680. The highest BCUT2D eigenvalue weighted by atomic mass is 16.5. The van der Waals surface area contributed by atoms with E-state index < -0.39 is 0 Å². The fourth-order valence-electron chi connectivity index (χ4n) is 8.78. The van der Waals surface area contributed by atoms with E-state index in [0.717, 1.165) is 101 Å². The lowest BCUT2D eigenvalue weighted by Gasteiger charge is -2.15. The third kappa shape index (κ3) is 10.2. The molecule has 0 aliphatic carbocycles. The van der Waals surface area contributed by atoms with Crippen LogP contribution in [0.2, 0.25) is 0 Å². The molecule has 3 heterocycles. The van der Waals surface area contributed by atoms with Gasteiger partial charge in [-0.2, -0.15) is 0 Å². The molecule has 0 bridgehead atoms. The molecule has 9 aromatic carbocycles. The first-order chi connectivity index (χ1) is 36.8. The van der Waals surface area contributed by atoms with Crippen LogP contribution < -0.4 is 30.7 Å². The van der Waals surface area contributed by atoms with E-state index in [1.54, 1.807) is 21.3 Å². The van der Waals surface area contributed by atoms with E-state index in [1.165, 1.54) is 0 Å². The second-order valence-corrected chi connectivity index (χ2v) is 17.1. The molecule has 0 aliphatic rings. The van der Waals surface area contributed by atoms with E-state index >= 15 is 0 Å². The summed E-state index contributed by atoms with van der Waals surface area (Å²) in [5.74, 6) is 4.58. The molecule has 0 unspecified atom stereocenters. The third-order valence-corrected chi connectivity index (χ3v) is 12.6. The summed E-state index contributed by atoms with van der Waals surface area (Å²) in [6.45, 7) is 0. The Hall–Kier alpha value is -10.2. The summed E-state index contributed by atoms with van der Waals surface area (Å²) in [5.41, 5.74) is 9.23. The Labute approximate surface area is 432 Å². The van der Waals surface area contributed by atoms with Crippen LogP contribution in [0, 0.1) is 16.2 Å². The summed E-state index contributed by atoms with van der Waals surface area (Å²) >= 11 is 0. The average molecular weight is 982 g/mol. The number of nitrogens with zero attached hydrogens (tertiary/aromatic N) is 6. The Morgan fingerprint density at radius 3 is 0.747 bits per heavy atom. The lowest BCUT2D eigenvalue weighted by molar-refractivity contribution is 0.414. The summed E-state index contributed by atoms with van der Waals surface area (Å²) in [4.78, 5) is 14.5. The van der Waals surface area contributed by atoms with E-state index in [4.69, 9.17) is 45.4 Å². The smallest absolute Gasteiger partial charge is 0.146 e. The van der Waals surface area contributed by atoms with Crippen LogP contribution in [0.25, 0.3) is 83.9 Å². The fraction of sp³-hybridized carbons (Fsp3) is 0.0476. The van der Waals surface area contributed by atoms with Crippen LogP contribution in [0.15, 0.2) is 237 Å². The molecule has 0 aliphatic heterocycles. The SMILES string of the molecule is COc1ccc(-n2c(-c3ccccc3)nc3ccccc3c2=N)cc1.COc1ccc(-n2c(-c3ccccc3)nc3ccccc3c2=N)cc1.COc1ccc(-n2c(-c3ccccc3)nc3ccccc3c2=N)cc1. The van der Waals surface area contributed by atoms with Crippen LogP contribution in [-0.4, -0.2) is 50.0 Å². The molecular formula is C63H51N9O3. The maximum atomic E-state index is 8.76. The van der Waals surface area contributed by atoms with Gasteiger partial charge in [-0.1, -0.05) is 127 Å². The third-order valence-electron chi connectivity index (χ3n) is 12.6. The van der Waals surface area contributed by atoms with Gasteiger partial charge >= 0.3 is 0 Å². The number of rotatable bonds is 9. The van der Waals surface area contributed by atoms with Gasteiger partial charge in [0.2, 0.25) is 0 Å². The molecule has 12 heteroatoms. The van der Waals surface area contributed by atoms with Gasteiger partial charge in [0, 0.05) is 49.9 Å². The van der Waals surface area contributed by atoms with E-state index in [2.05, 4.69) is 0 Å². The Kier molecular flexibility index (Phi) is 14.2. The van der Waals surface area contributed by atoms with Crippen LogP contribution in [0.4, 0.5) is 0 Å². The maximum absolute atomic E-state index is 8.76. The molecule has 12 aromatic rings. The van der Waals surface area contributed by atoms with E-state index in [0.29, 0.717) is 16.5 Å². The monoisotopic (exact) mass is 981 g/mol. The molecule has 12 nitrogen and oxygen atoms in total. The zero-order valence-electron chi connectivity index (χ0n) is 41.4. The number of ether oxygens (including phenoxy) is 3. The topological polar surface area (TPSA) is 153 Å². The molecule has 0 spiro atoms. The molecule has 12 rings (SSSR count). The Balaban J connectivity index is 0.000000128. The highest BCUT2D eigenvalue weighted by molar-refractivity contribution is 5.82. The fourth-order valence-corrected chi connectivity index (χ4v) is 8.78. The van der Waals surface area contributed by atoms with Crippen LogP contribution in [-0.2, 0) is 0 Å². The number of benzene rings is 9. The second-order valence-electron chi connectivity index (χ2n) is 17.1. The lowest BCUT2D eigenvalue weighted by atomic mass is 10.1. The first-order valence-electron chi connectivity index (χ1n) is 24.1. The molecule has 0 amide bonds. The van der Waals surface area contributed by atoms with Gasteiger partial charge in [0.05, 0.1) is 37.9 Å². The molecule has 75 heavy (non-hydrogen) atoms. The van der Waals surface area contributed by atoms with Crippen LogP contribution in [0.1, 0.15) is 0 Å². The summed E-state index contributed by atoms with van der Waals surface area (Å²) in [7, 11) is 4.93. The molecule has 366 valence electrons. The maximum Gasteiger partial charge on any atom is 0.146 e. The quantitative estimate of drug-likeness (QED) is 0.131. The zero-order valence-corrected chi connectivity index (χ0v) is 41.4. The standard InChI is InChI=1S/3C21H17N3O/c3*1-25-17-13-11-16(12-14-17)24-20(22)18-9-5-6-10-19(18)23-21(24)15-7-3-2-4-8-15/h3*2-14,22H,1H3. The van der Waals surface area contributed by atoms with E-state index in [9.17, 15) is 0 Å². The molecule has 0 saturated carbocycles. The summed E-state index contributed by atoms with van der Waals surface area (Å²) in [6, 6.07) is 76.2. The van der Waals surface area contributed by atoms with Gasteiger partial charge in [0.1, 0.15) is 51.2 Å². The number of para-hydroxylation sites is 3. The van der Waals surface area contributed by atoms with E-state index in [1.807, 2.05) is 250 Å². The normalized spacial score (nSPS) is 10.8. The van der Waals surface area contributed by atoms with Gasteiger partial charge in [-0.05, 0) is 109 Å². The highest BCUT2D eigenvalue weighted by Gasteiger charge is 2.16. The number of fused-ring (bicyclic) bond motifs is 3. The number of aromatic nitrogens is 6. The summed E-state index contributed by atoms with van der Waals surface area (Å²) < 4.78 is 21.4. The minimum Gasteiger partial charge on any atom is -0.497 e. The predicted molar refractivity (Wildman–Crippen MR) is 297 cm³/mol. The van der Waals surface area contributed by atoms with Gasteiger partial charge in [-0.3, -0.25) is 29.9 Å². The van der Waals surface area contributed by atoms with Gasteiger partial charge in [0.15, 0.2) is 0 Å². The van der Waals surface area contributed by atoms with Crippen LogP contribution in [0.5, 0.6) is 17.2 Å². The van der Waals surface area contributed by atoms with Crippen molar-refractivity contribution in [1.29, 1.82) is 16.2 Å². The molecule has 0 radical (unpaired) electrons. The second kappa shape index (κ2) is 22.1. The molecule has 3 N–H and O–H groups in total. The van der Waals surface area contributed by atoms with Gasteiger partial charge < -0.3 is 14.2 Å². The van der Waals surface area contributed by atoms with Crippen molar-refractivity contribution in [2.75, 3.05) is 21.3 Å². The van der Waals surface area contributed by atoms with Crippen molar-refractivity contribution < 1.29 is 14.2 Å². The first-order valence-corrected chi connectivity index (χ1v) is 24.1. The zero-order chi connectivity index (χ0) is 51.7. The number of methoxy groups -OCH3 is 3. The molecule has 0 fully saturated rings. The largest absolute Gasteiger partial charge is 0.497 e.